The first-order valence-electron chi connectivity index (χ1n) is 7.31. The van der Waals surface area contributed by atoms with Gasteiger partial charge in [0.25, 0.3) is 0 Å². The minimum absolute atomic E-state index is 0.383. The van der Waals surface area contributed by atoms with Crippen molar-refractivity contribution in [2.75, 3.05) is 45.9 Å². The average molecular weight is 255 g/mol. The summed E-state index contributed by atoms with van der Waals surface area (Å²) < 4.78 is 0. The number of hydrogen-bond acceptors (Lipinski definition) is 3. The fourth-order valence-corrected chi connectivity index (χ4v) is 2.37. The summed E-state index contributed by atoms with van der Waals surface area (Å²) in [6, 6.07) is 0. The van der Waals surface area contributed by atoms with Crippen molar-refractivity contribution >= 4 is 0 Å². The summed E-state index contributed by atoms with van der Waals surface area (Å²) in [7, 11) is 0. The van der Waals surface area contributed by atoms with E-state index in [4.69, 9.17) is 0 Å². The Bertz CT molecular complexity index is 229. The Balaban J connectivity index is 2.16. The molecule has 3 heteroatoms. The van der Waals surface area contributed by atoms with Crippen LogP contribution >= 0.6 is 0 Å². The van der Waals surface area contributed by atoms with E-state index in [2.05, 4.69) is 56.7 Å². The second-order valence-corrected chi connectivity index (χ2v) is 8.10. The van der Waals surface area contributed by atoms with E-state index in [0.29, 0.717) is 10.8 Å². The first-order valence-corrected chi connectivity index (χ1v) is 7.31. The highest BCUT2D eigenvalue weighted by molar-refractivity contribution is 4.76. The molecule has 0 bridgehead atoms. The quantitative estimate of drug-likeness (QED) is 0.831. The molecule has 0 atom stereocenters. The third kappa shape index (κ3) is 7.34. The van der Waals surface area contributed by atoms with Crippen molar-refractivity contribution < 1.29 is 0 Å². The summed E-state index contributed by atoms with van der Waals surface area (Å²) in [6.45, 7) is 22.0. The van der Waals surface area contributed by atoms with Crippen molar-refractivity contribution in [1.29, 1.82) is 0 Å². The van der Waals surface area contributed by atoms with Gasteiger partial charge in [-0.15, -0.1) is 0 Å². The zero-order chi connectivity index (χ0) is 13.8. The van der Waals surface area contributed by atoms with Crippen LogP contribution in [-0.4, -0.2) is 55.7 Å². The predicted molar refractivity (Wildman–Crippen MR) is 79.8 cm³/mol. The van der Waals surface area contributed by atoms with Crippen molar-refractivity contribution in [1.82, 2.24) is 15.1 Å². The van der Waals surface area contributed by atoms with E-state index in [1.165, 1.54) is 32.7 Å². The van der Waals surface area contributed by atoms with Gasteiger partial charge in [0.1, 0.15) is 0 Å². The monoisotopic (exact) mass is 255 g/mol. The molecule has 1 aliphatic rings. The lowest BCUT2D eigenvalue weighted by Gasteiger charge is -2.38. The molecule has 0 aliphatic carbocycles. The molecule has 0 aromatic heterocycles. The first kappa shape index (κ1) is 15.9. The molecule has 18 heavy (non-hydrogen) atoms. The molecule has 1 aliphatic heterocycles. The molecule has 3 nitrogen and oxygen atoms in total. The van der Waals surface area contributed by atoms with E-state index in [-0.39, 0.29) is 0 Å². The Morgan fingerprint density at radius 1 is 0.778 bits per heavy atom. The van der Waals surface area contributed by atoms with Gasteiger partial charge in [-0.25, -0.2) is 0 Å². The highest BCUT2D eigenvalue weighted by Gasteiger charge is 2.21. The summed E-state index contributed by atoms with van der Waals surface area (Å²) in [6.07, 6.45) is 0. The highest BCUT2D eigenvalue weighted by atomic mass is 15.3. The lowest BCUT2D eigenvalue weighted by molar-refractivity contribution is 0.0954. The summed E-state index contributed by atoms with van der Waals surface area (Å²) >= 11 is 0. The molecule has 0 amide bonds. The molecular formula is C15H33N3. The largest absolute Gasteiger partial charge is 0.304 e. The van der Waals surface area contributed by atoms with Crippen LogP contribution in [-0.2, 0) is 0 Å². The van der Waals surface area contributed by atoms with E-state index in [1.807, 2.05) is 0 Å². The van der Waals surface area contributed by atoms with Crippen molar-refractivity contribution in [3.63, 3.8) is 0 Å². The number of nitrogens with zero attached hydrogens (tertiary/aromatic N) is 2. The van der Waals surface area contributed by atoms with Crippen LogP contribution in [0, 0.1) is 10.8 Å². The summed E-state index contributed by atoms with van der Waals surface area (Å²) in [4.78, 5) is 5.13. The van der Waals surface area contributed by atoms with Gasteiger partial charge in [0, 0.05) is 45.9 Å². The number of hydrogen-bond donors (Lipinski definition) is 1. The van der Waals surface area contributed by atoms with Gasteiger partial charge in [0.2, 0.25) is 0 Å². The number of nitrogens with one attached hydrogen (secondary N) is 1. The smallest absolute Gasteiger partial charge is 0.0481 e. The van der Waals surface area contributed by atoms with Crippen molar-refractivity contribution in [2.45, 2.75) is 41.5 Å². The Morgan fingerprint density at radius 3 is 1.72 bits per heavy atom. The van der Waals surface area contributed by atoms with E-state index < -0.39 is 0 Å². The molecular weight excluding hydrogens is 222 g/mol. The molecule has 1 N–H and O–H groups in total. The average Bonchev–Trinajstić information content (AvgIpc) is 2.16. The van der Waals surface area contributed by atoms with Gasteiger partial charge in [0.15, 0.2) is 0 Å². The van der Waals surface area contributed by atoms with Gasteiger partial charge in [-0.05, 0) is 10.8 Å². The maximum absolute atomic E-state index is 3.57. The third-order valence-electron chi connectivity index (χ3n) is 3.15. The molecule has 0 spiro atoms. The lowest BCUT2D eigenvalue weighted by Crippen LogP contribution is -2.51. The molecule has 0 aromatic rings. The molecule has 108 valence electrons. The maximum Gasteiger partial charge on any atom is 0.0481 e. The third-order valence-corrected chi connectivity index (χ3v) is 3.15. The Morgan fingerprint density at radius 2 is 1.28 bits per heavy atom. The lowest BCUT2D eigenvalue weighted by atomic mass is 9.96. The highest BCUT2D eigenvalue weighted by Crippen LogP contribution is 2.16. The van der Waals surface area contributed by atoms with Crippen LogP contribution in [0.4, 0.5) is 0 Å². The summed E-state index contributed by atoms with van der Waals surface area (Å²) in [5.41, 5.74) is 0.806. The van der Waals surface area contributed by atoms with Crippen molar-refractivity contribution in [3.05, 3.63) is 0 Å². The maximum atomic E-state index is 3.57. The zero-order valence-electron chi connectivity index (χ0n) is 13.3. The van der Waals surface area contributed by atoms with E-state index in [1.54, 1.807) is 0 Å². The van der Waals surface area contributed by atoms with E-state index in [0.717, 1.165) is 13.2 Å². The normalized spacial score (nSPS) is 20.3. The van der Waals surface area contributed by atoms with Gasteiger partial charge >= 0.3 is 0 Å². The number of piperazine rings is 1. The molecule has 0 saturated carbocycles. The minimum atomic E-state index is 0.383. The topological polar surface area (TPSA) is 18.5 Å². The molecule has 1 saturated heterocycles. The van der Waals surface area contributed by atoms with Gasteiger partial charge in [-0.2, -0.15) is 0 Å². The van der Waals surface area contributed by atoms with Crippen LogP contribution in [0.1, 0.15) is 41.5 Å². The van der Waals surface area contributed by atoms with E-state index >= 15 is 0 Å². The van der Waals surface area contributed by atoms with Crippen LogP contribution < -0.4 is 5.32 Å². The van der Waals surface area contributed by atoms with Crippen LogP contribution in [0.25, 0.3) is 0 Å². The molecule has 0 aromatic carbocycles. The SMILES string of the molecule is CC(C)(C)CNCN1CCN(CC(C)(C)C)CC1. The standard InChI is InChI=1S/C15H33N3/c1-14(2,3)11-16-13-18-9-7-17(8-10-18)12-15(4,5)6/h16H,7-13H2,1-6H3. The molecule has 1 fully saturated rings. The van der Waals surface area contributed by atoms with Crippen LogP contribution in [0.3, 0.4) is 0 Å². The van der Waals surface area contributed by atoms with E-state index in [9.17, 15) is 0 Å². The van der Waals surface area contributed by atoms with Crippen LogP contribution in [0.2, 0.25) is 0 Å². The van der Waals surface area contributed by atoms with Gasteiger partial charge in [-0.1, -0.05) is 41.5 Å². The fourth-order valence-electron chi connectivity index (χ4n) is 2.37. The second kappa shape index (κ2) is 6.36. The molecule has 1 rings (SSSR count). The fraction of sp³-hybridized carbons (Fsp3) is 1.00. The first-order chi connectivity index (χ1) is 8.16. The summed E-state index contributed by atoms with van der Waals surface area (Å²) in [5, 5.41) is 3.57. The zero-order valence-corrected chi connectivity index (χ0v) is 13.3. The molecule has 0 unspecified atom stereocenters. The van der Waals surface area contributed by atoms with Crippen LogP contribution in [0.5, 0.6) is 0 Å². The Hall–Kier alpha value is -0.120. The van der Waals surface area contributed by atoms with Gasteiger partial charge in [-0.3, -0.25) is 4.90 Å². The van der Waals surface area contributed by atoms with Gasteiger partial charge in [0.05, 0.1) is 0 Å². The molecule has 1 heterocycles. The Kier molecular flexibility index (Phi) is 5.63. The molecule has 0 radical (unpaired) electrons. The van der Waals surface area contributed by atoms with Crippen molar-refractivity contribution in [2.24, 2.45) is 10.8 Å². The van der Waals surface area contributed by atoms with Crippen LogP contribution in [0.15, 0.2) is 0 Å². The number of rotatable bonds is 4. The summed E-state index contributed by atoms with van der Waals surface area (Å²) in [5.74, 6) is 0. The second-order valence-electron chi connectivity index (χ2n) is 8.10. The van der Waals surface area contributed by atoms with Gasteiger partial charge < -0.3 is 10.2 Å². The van der Waals surface area contributed by atoms with Crippen molar-refractivity contribution in [3.8, 4) is 0 Å². The minimum Gasteiger partial charge on any atom is -0.304 e. The Labute approximate surface area is 114 Å². The predicted octanol–water partition coefficient (Wildman–Crippen LogP) is 2.24.